The molecule has 1 fully saturated rings. The number of aromatic nitrogens is 2. The number of hydrogen-bond acceptors (Lipinski definition) is 7. The Bertz CT molecular complexity index is 530. The third-order valence-electron chi connectivity index (χ3n) is 3.43. The number of hydrogen-bond donors (Lipinski definition) is 3. The normalized spacial score (nSPS) is 33.5. The van der Waals surface area contributed by atoms with E-state index in [0.29, 0.717) is 6.61 Å². The first-order chi connectivity index (χ1) is 9.41. The van der Waals surface area contributed by atoms with Gasteiger partial charge in [-0.05, 0) is 19.9 Å². The summed E-state index contributed by atoms with van der Waals surface area (Å²) < 4.78 is 12.2. The van der Waals surface area contributed by atoms with E-state index in [4.69, 9.17) is 15.2 Å². The van der Waals surface area contributed by atoms with Crippen molar-refractivity contribution in [2.75, 3.05) is 18.9 Å². The van der Waals surface area contributed by atoms with Crippen molar-refractivity contribution in [3.05, 3.63) is 22.7 Å². The number of rotatable bonds is 4. The van der Waals surface area contributed by atoms with Crippen LogP contribution in [-0.2, 0) is 9.47 Å². The Labute approximate surface area is 115 Å². The lowest BCUT2D eigenvalue weighted by Gasteiger charge is -2.29. The van der Waals surface area contributed by atoms with Gasteiger partial charge < -0.3 is 25.4 Å². The van der Waals surface area contributed by atoms with E-state index in [1.165, 1.54) is 23.8 Å². The van der Waals surface area contributed by atoms with Crippen LogP contribution >= 0.6 is 0 Å². The highest BCUT2D eigenvalue weighted by Crippen LogP contribution is 2.38. The average Bonchev–Trinajstić information content (AvgIpc) is 2.62. The fourth-order valence-corrected chi connectivity index (χ4v) is 2.34. The summed E-state index contributed by atoms with van der Waals surface area (Å²) in [4.78, 5) is 15.5. The molecule has 0 radical (unpaired) electrons. The van der Waals surface area contributed by atoms with Gasteiger partial charge in [0.25, 0.3) is 0 Å². The minimum absolute atomic E-state index is 0.0997. The number of nitrogen functional groups attached to an aromatic ring is 1. The first-order valence-electron chi connectivity index (χ1n) is 6.36. The van der Waals surface area contributed by atoms with Crippen molar-refractivity contribution in [2.24, 2.45) is 0 Å². The quantitative estimate of drug-likeness (QED) is 0.640. The molecule has 2 rings (SSSR count). The molecule has 0 aliphatic carbocycles. The van der Waals surface area contributed by atoms with Crippen LogP contribution in [0.2, 0.25) is 0 Å². The van der Waals surface area contributed by atoms with E-state index < -0.39 is 29.7 Å². The number of anilines is 1. The Morgan fingerprint density at radius 1 is 1.65 bits per heavy atom. The van der Waals surface area contributed by atoms with Crippen LogP contribution in [0.1, 0.15) is 20.1 Å². The van der Waals surface area contributed by atoms with Crippen molar-refractivity contribution in [3.8, 4) is 0 Å². The van der Waals surface area contributed by atoms with Crippen molar-refractivity contribution >= 4 is 5.82 Å². The van der Waals surface area contributed by atoms with Gasteiger partial charge in [0.1, 0.15) is 23.6 Å². The van der Waals surface area contributed by atoms with Gasteiger partial charge in [0.2, 0.25) is 0 Å². The molecule has 112 valence electrons. The highest BCUT2D eigenvalue weighted by atomic mass is 16.6. The summed E-state index contributed by atoms with van der Waals surface area (Å²) in [6.45, 7) is 3.22. The Morgan fingerprint density at radius 3 is 2.90 bits per heavy atom. The minimum atomic E-state index is -1.42. The van der Waals surface area contributed by atoms with Gasteiger partial charge in [-0.1, -0.05) is 0 Å². The van der Waals surface area contributed by atoms with Crippen LogP contribution < -0.4 is 11.4 Å². The van der Waals surface area contributed by atoms with Crippen LogP contribution in [0.25, 0.3) is 0 Å². The average molecular weight is 285 g/mol. The van der Waals surface area contributed by atoms with Gasteiger partial charge in [0, 0.05) is 12.8 Å². The standard InChI is InChI=1S/C12H19N3O5/c1-3-19-9-10(20-7(6-16)12(9,2)18)15-5-4-8(13)14-11(15)17/h4-5,7,9-10,16,18H,3,6H2,1-2H3,(H2,13,14,17). The molecule has 8 nitrogen and oxygen atoms in total. The van der Waals surface area contributed by atoms with Crippen molar-refractivity contribution in [2.45, 2.75) is 37.9 Å². The van der Waals surface area contributed by atoms with Gasteiger partial charge in [-0.25, -0.2) is 4.79 Å². The summed E-state index contributed by atoms with van der Waals surface area (Å²) in [5.41, 5.74) is 3.42. The molecule has 1 aromatic rings. The Balaban J connectivity index is 2.41. The van der Waals surface area contributed by atoms with Gasteiger partial charge in [-0.2, -0.15) is 4.98 Å². The molecule has 1 aliphatic heterocycles. The lowest BCUT2D eigenvalue weighted by atomic mass is 9.94. The summed E-state index contributed by atoms with van der Waals surface area (Å²) in [6, 6.07) is 1.45. The lowest BCUT2D eigenvalue weighted by Crippen LogP contribution is -2.48. The van der Waals surface area contributed by atoms with Crippen molar-refractivity contribution in [3.63, 3.8) is 0 Å². The van der Waals surface area contributed by atoms with Gasteiger partial charge >= 0.3 is 5.69 Å². The Hall–Kier alpha value is -1.48. The molecule has 0 bridgehead atoms. The molecular formula is C12H19N3O5. The van der Waals surface area contributed by atoms with Crippen LogP contribution in [0.3, 0.4) is 0 Å². The second kappa shape index (κ2) is 5.49. The molecule has 20 heavy (non-hydrogen) atoms. The van der Waals surface area contributed by atoms with Crippen LogP contribution in [-0.4, -0.2) is 50.8 Å². The summed E-state index contributed by atoms with van der Waals surface area (Å²) >= 11 is 0. The van der Waals surface area contributed by atoms with Crippen LogP contribution in [0.5, 0.6) is 0 Å². The van der Waals surface area contributed by atoms with E-state index in [1.54, 1.807) is 6.92 Å². The second-order valence-electron chi connectivity index (χ2n) is 4.84. The molecule has 4 N–H and O–H groups in total. The van der Waals surface area contributed by atoms with Crippen LogP contribution in [0.15, 0.2) is 17.1 Å². The molecule has 0 saturated carbocycles. The van der Waals surface area contributed by atoms with E-state index in [-0.39, 0.29) is 12.4 Å². The summed E-state index contributed by atoms with van der Waals surface area (Å²) in [5, 5.41) is 19.8. The van der Waals surface area contributed by atoms with Crippen LogP contribution in [0.4, 0.5) is 5.82 Å². The third-order valence-corrected chi connectivity index (χ3v) is 3.43. The molecule has 1 aromatic heterocycles. The molecule has 0 aromatic carbocycles. The highest BCUT2D eigenvalue weighted by Gasteiger charge is 2.54. The van der Waals surface area contributed by atoms with Gasteiger partial charge in [0.15, 0.2) is 6.23 Å². The van der Waals surface area contributed by atoms with Crippen LogP contribution in [0, 0.1) is 0 Å². The van der Waals surface area contributed by atoms with E-state index in [1.807, 2.05) is 0 Å². The molecule has 0 spiro atoms. The molecule has 0 amide bonds. The molecule has 8 heteroatoms. The topological polar surface area (TPSA) is 120 Å². The van der Waals surface area contributed by atoms with E-state index >= 15 is 0 Å². The van der Waals surface area contributed by atoms with Gasteiger partial charge in [-0.3, -0.25) is 4.57 Å². The zero-order valence-electron chi connectivity index (χ0n) is 11.4. The highest BCUT2D eigenvalue weighted by molar-refractivity contribution is 5.23. The summed E-state index contributed by atoms with van der Waals surface area (Å²) in [5.74, 6) is 0.0997. The largest absolute Gasteiger partial charge is 0.394 e. The Morgan fingerprint density at radius 2 is 2.35 bits per heavy atom. The molecule has 4 atom stereocenters. The summed E-state index contributed by atoms with van der Waals surface area (Å²) in [7, 11) is 0. The molecule has 2 heterocycles. The number of aliphatic hydroxyl groups is 2. The fourth-order valence-electron chi connectivity index (χ4n) is 2.34. The molecule has 1 saturated heterocycles. The molecule has 1 aliphatic rings. The predicted molar refractivity (Wildman–Crippen MR) is 69.9 cm³/mol. The van der Waals surface area contributed by atoms with Crippen molar-refractivity contribution < 1.29 is 19.7 Å². The summed E-state index contributed by atoms with van der Waals surface area (Å²) in [6.07, 6.45) is -1.10. The van der Waals surface area contributed by atoms with Crippen molar-refractivity contribution in [1.82, 2.24) is 9.55 Å². The van der Waals surface area contributed by atoms with E-state index in [0.717, 1.165) is 0 Å². The van der Waals surface area contributed by atoms with Gasteiger partial charge in [-0.15, -0.1) is 0 Å². The maximum Gasteiger partial charge on any atom is 0.351 e. The molecule has 4 unspecified atom stereocenters. The number of aliphatic hydroxyl groups excluding tert-OH is 1. The van der Waals surface area contributed by atoms with Gasteiger partial charge in [0.05, 0.1) is 6.61 Å². The predicted octanol–water partition coefficient (Wildman–Crippen LogP) is -1.13. The van der Waals surface area contributed by atoms with E-state index in [9.17, 15) is 15.0 Å². The number of ether oxygens (including phenoxy) is 2. The second-order valence-corrected chi connectivity index (χ2v) is 4.84. The first kappa shape index (κ1) is 14.9. The zero-order valence-corrected chi connectivity index (χ0v) is 11.4. The van der Waals surface area contributed by atoms with E-state index in [2.05, 4.69) is 4.98 Å². The minimum Gasteiger partial charge on any atom is -0.394 e. The Kier molecular flexibility index (Phi) is 4.09. The fraction of sp³-hybridized carbons (Fsp3) is 0.667. The monoisotopic (exact) mass is 285 g/mol. The molecular weight excluding hydrogens is 266 g/mol. The number of nitrogens with two attached hydrogens (primary N) is 1. The zero-order chi connectivity index (χ0) is 14.9. The number of nitrogens with zero attached hydrogens (tertiary/aromatic N) is 2. The maximum atomic E-state index is 11.9. The first-order valence-corrected chi connectivity index (χ1v) is 6.36. The lowest BCUT2D eigenvalue weighted by molar-refractivity contribution is -0.0994. The van der Waals surface area contributed by atoms with Crippen molar-refractivity contribution in [1.29, 1.82) is 0 Å². The third kappa shape index (κ3) is 2.42. The smallest absolute Gasteiger partial charge is 0.351 e. The maximum absolute atomic E-state index is 11.9. The SMILES string of the molecule is CCOC1C(n2ccc(N)nc2=O)OC(CO)C1(C)O.